The average molecular weight is 270 g/mol. The number of rotatable bonds is 6. The number of nitrogens with zero attached hydrogens (tertiary/aromatic N) is 1. The molecule has 0 fully saturated rings. The quantitative estimate of drug-likeness (QED) is 0.369. The summed E-state index contributed by atoms with van der Waals surface area (Å²) in [5.41, 5.74) is -0.136. The predicted molar refractivity (Wildman–Crippen MR) is 67.7 cm³/mol. The maximum absolute atomic E-state index is 11.8. The highest BCUT2D eigenvalue weighted by Crippen LogP contribution is 2.15. The normalized spacial score (nSPS) is 11.8. The van der Waals surface area contributed by atoms with E-state index < -0.39 is 14.9 Å². The van der Waals surface area contributed by atoms with Gasteiger partial charge in [0.05, 0.1) is 9.82 Å². The molecule has 0 aliphatic carbocycles. The van der Waals surface area contributed by atoms with Crippen molar-refractivity contribution in [3.8, 4) is 0 Å². The van der Waals surface area contributed by atoms with E-state index >= 15 is 0 Å². The Labute approximate surface area is 106 Å². The molecule has 6 nitrogen and oxygen atoms in total. The molecule has 18 heavy (non-hydrogen) atoms. The number of nitro benzene ring substituents is 1. The number of nitro groups is 1. The highest BCUT2D eigenvalue weighted by atomic mass is 32.2. The van der Waals surface area contributed by atoms with Gasteiger partial charge in [-0.1, -0.05) is 12.2 Å². The van der Waals surface area contributed by atoms with Crippen LogP contribution in [0, 0.1) is 10.1 Å². The van der Waals surface area contributed by atoms with Gasteiger partial charge in [-0.15, -0.1) is 0 Å². The standard InChI is InChI=1S/C11H14N2O4S/c1-2-3-4-9-12-18(16,17)11-7-5-10(6-8-11)13(14)15/h2-3,5-8,12H,4,9H2,1H3/b3-2+. The van der Waals surface area contributed by atoms with Crippen LogP contribution in [0.4, 0.5) is 5.69 Å². The summed E-state index contributed by atoms with van der Waals surface area (Å²) in [6.45, 7) is 2.15. The monoisotopic (exact) mass is 270 g/mol. The molecule has 0 saturated carbocycles. The van der Waals surface area contributed by atoms with Crippen molar-refractivity contribution < 1.29 is 13.3 Å². The van der Waals surface area contributed by atoms with Crippen molar-refractivity contribution in [2.75, 3.05) is 6.54 Å². The van der Waals surface area contributed by atoms with Crippen molar-refractivity contribution in [3.63, 3.8) is 0 Å². The van der Waals surface area contributed by atoms with E-state index in [-0.39, 0.29) is 10.6 Å². The van der Waals surface area contributed by atoms with E-state index in [2.05, 4.69) is 4.72 Å². The van der Waals surface area contributed by atoms with Gasteiger partial charge in [0.2, 0.25) is 10.0 Å². The molecule has 1 aromatic carbocycles. The Bertz CT molecular complexity index is 535. The number of hydrogen-bond acceptors (Lipinski definition) is 4. The number of nitrogens with one attached hydrogen (secondary N) is 1. The summed E-state index contributed by atoms with van der Waals surface area (Å²) in [4.78, 5) is 9.89. The SMILES string of the molecule is C/C=C/CCNS(=O)(=O)c1ccc([N+](=O)[O-])cc1. The van der Waals surface area contributed by atoms with Gasteiger partial charge in [0, 0.05) is 18.7 Å². The highest BCUT2D eigenvalue weighted by molar-refractivity contribution is 7.89. The van der Waals surface area contributed by atoms with E-state index in [9.17, 15) is 18.5 Å². The van der Waals surface area contributed by atoms with E-state index in [0.717, 1.165) is 0 Å². The second-order valence-corrected chi connectivity index (χ2v) is 5.27. The zero-order valence-corrected chi connectivity index (χ0v) is 10.7. The van der Waals surface area contributed by atoms with Crippen molar-refractivity contribution in [2.45, 2.75) is 18.2 Å². The third-order valence-corrected chi connectivity index (χ3v) is 3.67. The maximum Gasteiger partial charge on any atom is 0.269 e. The predicted octanol–water partition coefficient (Wildman–Crippen LogP) is 1.84. The van der Waals surface area contributed by atoms with Gasteiger partial charge in [-0.3, -0.25) is 10.1 Å². The van der Waals surface area contributed by atoms with E-state index in [1.807, 2.05) is 19.1 Å². The first-order valence-corrected chi connectivity index (χ1v) is 6.81. The zero-order valence-electron chi connectivity index (χ0n) is 9.87. The highest BCUT2D eigenvalue weighted by Gasteiger charge is 2.14. The van der Waals surface area contributed by atoms with Gasteiger partial charge in [-0.05, 0) is 25.5 Å². The van der Waals surface area contributed by atoms with Crippen LogP contribution in [-0.2, 0) is 10.0 Å². The zero-order chi connectivity index (χ0) is 13.6. The molecule has 1 N–H and O–H groups in total. The number of non-ortho nitro benzene ring substituents is 1. The molecule has 0 unspecified atom stereocenters. The molecule has 0 saturated heterocycles. The first kappa shape index (κ1) is 14.3. The Hall–Kier alpha value is -1.73. The Morgan fingerprint density at radius 3 is 2.44 bits per heavy atom. The Kier molecular flexibility index (Phi) is 4.99. The minimum Gasteiger partial charge on any atom is -0.258 e. The molecular formula is C11H14N2O4S. The van der Waals surface area contributed by atoms with Crippen molar-refractivity contribution in [1.82, 2.24) is 4.72 Å². The summed E-state index contributed by atoms with van der Waals surface area (Å²) < 4.78 is 26.0. The van der Waals surface area contributed by atoms with Crippen LogP contribution in [-0.4, -0.2) is 19.9 Å². The maximum atomic E-state index is 11.8. The van der Waals surface area contributed by atoms with E-state index in [4.69, 9.17) is 0 Å². The van der Waals surface area contributed by atoms with Gasteiger partial charge in [-0.2, -0.15) is 0 Å². The van der Waals surface area contributed by atoms with Gasteiger partial charge in [0.1, 0.15) is 0 Å². The molecule has 1 rings (SSSR count). The second kappa shape index (κ2) is 6.27. The number of hydrogen-bond donors (Lipinski definition) is 1. The molecule has 0 aliphatic rings. The molecule has 0 bridgehead atoms. The largest absolute Gasteiger partial charge is 0.269 e. The summed E-state index contributed by atoms with van der Waals surface area (Å²) in [5, 5.41) is 10.4. The van der Waals surface area contributed by atoms with Crippen LogP contribution in [0.15, 0.2) is 41.3 Å². The minimum atomic E-state index is -3.59. The average Bonchev–Trinajstić information content (AvgIpc) is 2.35. The summed E-state index contributed by atoms with van der Waals surface area (Å²) in [6, 6.07) is 4.77. The molecule has 0 radical (unpaired) electrons. The molecule has 0 atom stereocenters. The third kappa shape index (κ3) is 3.94. The van der Waals surface area contributed by atoms with Gasteiger partial charge in [-0.25, -0.2) is 13.1 Å². The lowest BCUT2D eigenvalue weighted by Gasteiger charge is -2.04. The summed E-state index contributed by atoms with van der Waals surface area (Å²) in [7, 11) is -3.59. The Balaban J connectivity index is 2.76. The summed E-state index contributed by atoms with van der Waals surface area (Å²) >= 11 is 0. The fourth-order valence-electron chi connectivity index (χ4n) is 1.27. The van der Waals surface area contributed by atoms with Gasteiger partial charge >= 0.3 is 0 Å². The summed E-state index contributed by atoms with van der Waals surface area (Å²) in [6.07, 6.45) is 4.28. The van der Waals surface area contributed by atoms with Crippen molar-refractivity contribution in [1.29, 1.82) is 0 Å². The van der Waals surface area contributed by atoms with Crippen LogP contribution in [0.1, 0.15) is 13.3 Å². The van der Waals surface area contributed by atoms with Crippen molar-refractivity contribution in [3.05, 3.63) is 46.5 Å². The third-order valence-electron chi connectivity index (χ3n) is 2.20. The fourth-order valence-corrected chi connectivity index (χ4v) is 2.32. The van der Waals surface area contributed by atoms with Gasteiger partial charge < -0.3 is 0 Å². The molecule has 0 spiro atoms. The van der Waals surface area contributed by atoms with Crippen LogP contribution in [0.5, 0.6) is 0 Å². The fraction of sp³-hybridized carbons (Fsp3) is 0.273. The number of allylic oxidation sites excluding steroid dienone is 1. The molecule has 0 amide bonds. The molecule has 98 valence electrons. The van der Waals surface area contributed by atoms with Crippen LogP contribution < -0.4 is 4.72 Å². The molecule has 0 aliphatic heterocycles. The van der Waals surface area contributed by atoms with Crippen molar-refractivity contribution in [2.24, 2.45) is 0 Å². The molecular weight excluding hydrogens is 256 g/mol. The minimum absolute atomic E-state index is 0.0218. The first-order chi connectivity index (χ1) is 8.47. The molecule has 7 heteroatoms. The van der Waals surface area contributed by atoms with E-state index in [0.29, 0.717) is 13.0 Å². The molecule has 0 aromatic heterocycles. The molecule has 1 aromatic rings. The van der Waals surface area contributed by atoms with Crippen LogP contribution >= 0.6 is 0 Å². The van der Waals surface area contributed by atoms with Crippen LogP contribution in [0.3, 0.4) is 0 Å². The van der Waals surface area contributed by atoms with E-state index in [1.54, 1.807) is 0 Å². The number of benzene rings is 1. The lowest BCUT2D eigenvalue weighted by atomic mass is 10.3. The van der Waals surface area contributed by atoms with Crippen molar-refractivity contribution >= 4 is 15.7 Å². The Morgan fingerprint density at radius 1 is 1.33 bits per heavy atom. The first-order valence-electron chi connectivity index (χ1n) is 5.32. The summed E-state index contributed by atoms with van der Waals surface area (Å²) in [5.74, 6) is 0. The van der Waals surface area contributed by atoms with Crippen LogP contribution in [0.25, 0.3) is 0 Å². The van der Waals surface area contributed by atoms with E-state index in [1.165, 1.54) is 24.3 Å². The second-order valence-electron chi connectivity index (χ2n) is 3.51. The smallest absolute Gasteiger partial charge is 0.258 e. The topological polar surface area (TPSA) is 89.3 Å². The Morgan fingerprint density at radius 2 is 1.94 bits per heavy atom. The lowest BCUT2D eigenvalue weighted by Crippen LogP contribution is -2.24. The number of sulfonamides is 1. The molecule has 0 heterocycles. The van der Waals surface area contributed by atoms with Gasteiger partial charge in [0.25, 0.3) is 5.69 Å². The lowest BCUT2D eigenvalue weighted by molar-refractivity contribution is -0.384. The van der Waals surface area contributed by atoms with Crippen LogP contribution in [0.2, 0.25) is 0 Å². The van der Waals surface area contributed by atoms with Gasteiger partial charge in [0.15, 0.2) is 0 Å².